The average molecular weight is 426 g/mol. The van der Waals surface area contributed by atoms with Crippen LogP contribution in [0, 0.1) is 6.92 Å². The van der Waals surface area contributed by atoms with Crippen molar-refractivity contribution in [1.29, 1.82) is 0 Å². The van der Waals surface area contributed by atoms with Crippen LogP contribution in [0.25, 0.3) is 11.3 Å². The first-order valence-corrected chi connectivity index (χ1v) is 11.3. The summed E-state index contributed by atoms with van der Waals surface area (Å²) in [5.74, 6) is -0.901. The maximum absolute atomic E-state index is 12.8. The second-order valence-corrected chi connectivity index (χ2v) is 9.90. The van der Waals surface area contributed by atoms with Gasteiger partial charge in [-0.25, -0.2) is 18.4 Å². The third kappa shape index (κ3) is 4.27. The summed E-state index contributed by atoms with van der Waals surface area (Å²) in [6.07, 6.45) is 3.36. The molecule has 1 unspecified atom stereocenters. The van der Waals surface area contributed by atoms with Crippen molar-refractivity contribution in [3.05, 3.63) is 39.9 Å². The highest BCUT2D eigenvalue weighted by molar-refractivity contribution is 7.98. The van der Waals surface area contributed by atoms with E-state index in [4.69, 9.17) is 4.74 Å². The Morgan fingerprint density at radius 3 is 2.39 bits per heavy atom. The number of methoxy groups -OCH3 is 1. The Hall–Kier alpha value is -2.20. The van der Waals surface area contributed by atoms with E-state index in [1.807, 2.05) is 0 Å². The molecule has 0 N–H and O–H groups in total. The molecule has 8 nitrogen and oxygen atoms in total. The Labute approximate surface area is 168 Å². The van der Waals surface area contributed by atoms with Crippen LogP contribution in [-0.2, 0) is 26.4 Å². The topological polar surface area (TPSA) is 108 Å². The summed E-state index contributed by atoms with van der Waals surface area (Å²) in [7, 11) is -1.12. The maximum Gasteiger partial charge on any atom is 0.330 e. The van der Waals surface area contributed by atoms with Crippen LogP contribution in [0.1, 0.15) is 30.4 Å². The van der Waals surface area contributed by atoms with Gasteiger partial charge in [0.15, 0.2) is 15.0 Å². The highest BCUT2D eigenvalue weighted by Crippen LogP contribution is 2.30. The predicted molar refractivity (Wildman–Crippen MR) is 108 cm³/mol. The quantitative estimate of drug-likeness (QED) is 0.392. The Morgan fingerprint density at radius 1 is 1.25 bits per heavy atom. The van der Waals surface area contributed by atoms with Crippen molar-refractivity contribution in [1.82, 2.24) is 14.5 Å². The van der Waals surface area contributed by atoms with Crippen molar-refractivity contribution < 1.29 is 17.9 Å². The van der Waals surface area contributed by atoms with Gasteiger partial charge in [-0.05, 0) is 39.2 Å². The van der Waals surface area contributed by atoms with E-state index in [0.29, 0.717) is 22.0 Å². The number of pyridine rings is 1. The first-order valence-electron chi connectivity index (χ1n) is 8.44. The number of hydrogen-bond donors (Lipinski definition) is 0. The van der Waals surface area contributed by atoms with Gasteiger partial charge in [0.25, 0.3) is 5.56 Å². The Kier molecular flexibility index (Phi) is 6.66. The normalized spacial score (nSPS) is 12.8. The van der Waals surface area contributed by atoms with Crippen LogP contribution >= 0.6 is 11.8 Å². The molecule has 2 rings (SSSR count). The molecule has 0 aliphatic heterocycles. The summed E-state index contributed by atoms with van der Waals surface area (Å²) >= 11 is 1.22. The molecular formula is C18H23N3O5S2. The van der Waals surface area contributed by atoms with E-state index in [9.17, 15) is 18.0 Å². The number of carbonyl (C=O) groups is 1. The van der Waals surface area contributed by atoms with Gasteiger partial charge in [-0.2, -0.15) is 0 Å². The van der Waals surface area contributed by atoms with Crippen LogP contribution in [0.5, 0.6) is 0 Å². The fourth-order valence-corrected chi connectivity index (χ4v) is 4.39. The van der Waals surface area contributed by atoms with Crippen molar-refractivity contribution in [2.24, 2.45) is 7.05 Å². The molecule has 152 valence electrons. The molecule has 2 aromatic rings. The van der Waals surface area contributed by atoms with E-state index < -0.39 is 26.3 Å². The van der Waals surface area contributed by atoms with E-state index >= 15 is 0 Å². The highest BCUT2D eigenvalue weighted by Gasteiger charge is 2.39. The van der Waals surface area contributed by atoms with Gasteiger partial charge in [-0.1, -0.05) is 11.8 Å². The molecule has 0 aliphatic rings. The number of ether oxygens (including phenoxy) is 1. The largest absolute Gasteiger partial charge is 0.468 e. The SMILES string of the molecule is COC(=O)C(c1cc(-c2cc(C)c(=O)n(C)c2)nc(SC)n1)S(=O)(=O)C(C)C. The number of aryl methyl sites for hydroxylation is 2. The number of aromatic nitrogens is 3. The zero-order valence-electron chi connectivity index (χ0n) is 16.6. The number of rotatable bonds is 6. The summed E-state index contributed by atoms with van der Waals surface area (Å²) in [4.78, 5) is 33.0. The van der Waals surface area contributed by atoms with E-state index in [-0.39, 0.29) is 11.3 Å². The van der Waals surface area contributed by atoms with Crippen molar-refractivity contribution in [2.45, 2.75) is 36.4 Å². The minimum absolute atomic E-state index is 0.0430. The molecular weight excluding hydrogens is 402 g/mol. The summed E-state index contributed by atoms with van der Waals surface area (Å²) in [6.45, 7) is 4.68. The van der Waals surface area contributed by atoms with E-state index in [1.54, 1.807) is 32.5 Å². The van der Waals surface area contributed by atoms with Gasteiger partial charge >= 0.3 is 5.97 Å². The lowest BCUT2D eigenvalue weighted by atomic mass is 10.1. The Bertz CT molecular complexity index is 1040. The minimum Gasteiger partial charge on any atom is -0.468 e. The van der Waals surface area contributed by atoms with Gasteiger partial charge in [-0.15, -0.1) is 0 Å². The summed E-state index contributed by atoms with van der Waals surface area (Å²) in [5, 5.41) is -2.04. The zero-order chi connectivity index (χ0) is 21.2. The fraction of sp³-hybridized carbons (Fsp3) is 0.444. The summed E-state index contributed by atoms with van der Waals surface area (Å²) < 4.78 is 31.8. The minimum atomic E-state index is -3.88. The molecule has 0 saturated carbocycles. The van der Waals surface area contributed by atoms with Gasteiger partial charge in [-0.3, -0.25) is 9.59 Å². The lowest BCUT2D eigenvalue weighted by Crippen LogP contribution is -2.30. The molecule has 2 heterocycles. The number of thioether (sulfide) groups is 1. The van der Waals surface area contributed by atoms with Gasteiger partial charge in [0.2, 0.25) is 5.25 Å². The predicted octanol–water partition coefficient (Wildman–Crippen LogP) is 1.91. The Balaban J connectivity index is 2.76. The lowest BCUT2D eigenvalue weighted by molar-refractivity contribution is -0.140. The van der Waals surface area contributed by atoms with Crippen LogP contribution in [-0.4, -0.2) is 47.5 Å². The first-order chi connectivity index (χ1) is 13.0. The van der Waals surface area contributed by atoms with Crippen molar-refractivity contribution in [3.8, 4) is 11.3 Å². The molecule has 0 radical (unpaired) electrons. The molecule has 0 aromatic carbocycles. The molecule has 0 amide bonds. The number of esters is 1. The smallest absolute Gasteiger partial charge is 0.330 e. The standard InChI is InChI=1S/C18H23N3O5S2/c1-10(2)28(24,25)15(17(23)26-5)14-8-13(19-18(20-14)27-6)12-7-11(3)16(22)21(4)9-12/h7-10,15H,1-6H3. The number of nitrogens with zero attached hydrogens (tertiary/aromatic N) is 3. The van der Waals surface area contributed by atoms with Crippen molar-refractivity contribution in [3.63, 3.8) is 0 Å². The van der Waals surface area contributed by atoms with Crippen LogP contribution in [0.2, 0.25) is 0 Å². The van der Waals surface area contributed by atoms with E-state index in [2.05, 4.69) is 9.97 Å². The van der Waals surface area contributed by atoms with Crippen molar-refractivity contribution >= 4 is 27.6 Å². The highest BCUT2D eigenvalue weighted by atomic mass is 32.2. The number of carbonyl (C=O) groups excluding carboxylic acids is 1. The molecule has 28 heavy (non-hydrogen) atoms. The molecule has 0 spiro atoms. The molecule has 2 aromatic heterocycles. The summed E-state index contributed by atoms with van der Waals surface area (Å²) in [5.41, 5.74) is 1.45. The summed E-state index contributed by atoms with van der Waals surface area (Å²) in [6, 6.07) is 3.13. The molecule has 10 heteroatoms. The monoisotopic (exact) mass is 425 g/mol. The molecule has 0 saturated heterocycles. The molecule has 1 atom stereocenters. The second kappa shape index (κ2) is 8.44. The fourth-order valence-electron chi connectivity index (χ4n) is 2.64. The van der Waals surface area contributed by atoms with Gasteiger partial charge in [0.1, 0.15) is 0 Å². The zero-order valence-corrected chi connectivity index (χ0v) is 18.2. The molecule has 0 fully saturated rings. The molecule has 0 aliphatic carbocycles. The van der Waals surface area contributed by atoms with Crippen LogP contribution in [0.4, 0.5) is 0 Å². The van der Waals surface area contributed by atoms with Crippen molar-refractivity contribution in [2.75, 3.05) is 13.4 Å². The van der Waals surface area contributed by atoms with Gasteiger partial charge in [0, 0.05) is 24.4 Å². The average Bonchev–Trinajstić information content (AvgIpc) is 2.64. The van der Waals surface area contributed by atoms with Crippen LogP contribution < -0.4 is 5.56 Å². The third-order valence-electron chi connectivity index (χ3n) is 4.24. The molecule has 0 bridgehead atoms. The van der Waals surface area contributed by atoms with Crippen LogP contribution in [0.15, 0.2) is 28.3 Å². The van der Waals surface area contributed by atoms with E-state index in [0.717, 1.165) is 7.11 Å². The lowest BCUT2D eigenvalue weighted by Gasteiger charge is -2.18. The Morgan fingerprint density at radius 2 is 1.89 bits per heavy atom. The first kappa shape index (κ1) is 22.1. The van der Waals surface area contributed by atoms with Gasteiger partial charge < -0.3 is 9.30 Å². The van der Waals surface area contributed by atoms with E-state index in [1.165, 1.54) is 36.2 Å². The van der Waals surface area contributed by atoms with Crippen LogP contribution in [0.3, 0.4) is 0 Å². The number of hydrogen-bond acceptors (Lipinski definition) is 8. The number of sulfone groups is 1. The van der Waals surface area contributed by atoms with Gasteiger partial charge in [0.05, 0.1) is 23.7 Å². The third-order valence-corrected chi connectivity index (χ3v) is 7.19. The second-order valence-electron chi connectivity index (χ2n) is 6.53. The maximum atomic E-state index is 12.8.